The number of sulfonamides is 1. The predicted molar refractivity (Wildman–Crippen MR) is 109 cm³/mol. The van der Waals surface area contributed by atoms with Gasteiger partial charge in [0.15, 0.2) is 0 Å². The van der Waals surface area contributed by atoms with E-state index < -0.39 is 15.9 Å². The molecular formula is C19H24ClN3O4S. The lowest BCUT2D eigenvalue weighted by atomic mass is 10.0. The molecule has 7 nitrogen and oxygen atoms in total. The third-order valence-electron chi connectivity index (χ3n) is 4.88. The Morgan fingerprint density at radius 3 is 2.71 bits per heavy atom. The third-order valence-corrected chi connectivity index (χ3v) is 7.01. The fraction of sp³-hybridized carbons (Fsp3) is 0.421. The molecule has 2 aromatic rings. The minimum absolute atomic E-state index is 0.127. The Morgan fingerprint density at radius 1 is 1.32 bits per heavy atom. The summed E-state index contributed by atoms with van der Waals surface area (Å²) in [6, 6.07) is 6.30. The van der Waals surface area contributed by atoms with E-state index in [-0.39, 0.29) is 10.6 Å². The van der Waals surface area contributed by atoms with Crippen molar-refractivity contribution in [1.82, 2.24) is 8.87 Å². The SMILES string of the molecule is COc1ccc(NC(=O)c2cc(S(=O)(=O)N3CCC[C@H](C)C3)cn2C)cc1Cl. The summed E-state index contributed by atoms with van der Waals surface area (Å²) >= 11 is 6.09. The monoisotopic (exact) mass is 425 g/mol. The molecule has 1 aromatic carbocycles. The van der Waals surface area contributed by atoms with Crippen molar-refractivity contribution in [2.45, 2.75) is 24.7 Å². The van der Waals surface area contributed by atoms with Gasteiger partial charge in [-0.15, -0.1) is 0 Å². The fourth-order valence-electron chi connectivity index (χ4n) is 3.35. The standard InChI is InChI=1S/C19H24ClN3O4S/c1-13-5-4-8-23(11-13)28(25,26)15-10-17(22(2)12-15)19(24)21-14-6-7-18(27-3)16(20)9-14/h6-7,9-10,12-13H,4-5,8,11H2,1-3H3,(H,21,24)/t13-/m0/s1. The first kappa shape index (κ1) is 20.7. The summed E-state index contributed by atoms with van der Waals surface area (Å²) in [4.78, 5) is 12.8. The van der Waals surface area contributed by atoms with E-state index in [1.54, 1.807) is 25.2 Å². The summed E-state index contributed by atoms with van der Waals surface area (Å²) in [5.74, 6) is 0.412. The number of methoxy groups -OCH3 is 1. The van der Waals surface area contributed by atoms with Gasteiger partial charge in [0, 0.05) is 32.0 Å². The maximum atomic E-state index is 12.9. The zero-order valence-corrected chi connectivity index (χ0v) is 17.7. The number of nitrogens with one attached hydrogen (secondary N) is 1. The average Bonchev–Trinajstić information content (AvgIpc) is 3.04. The molecule has 9 heteroatoms. The Morgan fingerprint density at radius 2 is 2.07 bits per heavy atom. The summed E-state index contributed by atoms with van der Waals surface area (Å²) in [7, 11) is -0.469. The van der Waals surface area contributed by atoms with Gasteiger partial charge in [-0.1, -0.05) is 18.5 Å². The van der Waals surface area contributed by atoms with Crippen molar-refractivity contribution in [3.8, 4) is 5.75 Å². The zero-order chi connectivity index (χ0) is 20.5. The highest BCUT2D eigenvalue weighted by molar-refractivity contribution is 7.89. The van der Waals surface area contributed by atoms with E-state index in [1.165, 1.54) is 28.2 Å². The van der Waals surface area contributed by atoms with Crippen LogP contribution in [0.5, 0.6) is 5.75 Å². The second-order valence-electron chi connectivity index (χ2n) is 7.09. The van der Waals surface area contributed by atoms with E-state index in [0.29, 0.717) is 35.5 Å². The van der Waals surface area contributed by atoms with Crippen LogP contribution in [-0.2, 0) is 17.1 Å². The van der Waals surface area contributed by atoms with Gasteiger partial charge in [0.2, 0.25) is 10.0 Å². The van der Waals surface area contributed by atoms with Crippen molar-refractivity contribution in [1.29, 1.82) is 0 Å². The molecule has 0 radical (unpaired) electrons. The highest BCUT2D eigenvalue weighted by Gasteiger charge is 2.30. The summed E-state index contributed by atoms with van der Waals surface area (Å²) in [5.41, 5.74) is 0.738. The molecule has 0 saturated carbocycles. The quantitative estimate of drug-likeness (QED) is 0.796. The molecule has 1 atom stereocenters. The summed E-state index contributed by atoms with van der Waals surface area (Å²) in [6.07, 6.45) is 3.35. The van der Waals surface area contributed by atoms with Gasteiger partial charge in [-0.3, -0.25) is 4.79 Å². The fourth-order valence-corrected chi connectivity index (χ4v) is 5.28. The van der Waals surface area contributed by atoms with Crippen molar-refractivity contribution < 1.29 is 17.9 Å². The van der Waals surface area contributed by atoms with Gasteiger partial charge in [0.25, 0.3) is 5.91 Å². The molecule has 0 unspecified atom stereocenters. The number of rotatable bonds is 5. The first-order valence-corrected chi connectivity index (χ1v) is 10.9. The molecule has 2 heterocycles. The van der Waals surface area contributed by atoms with Crippen LogP contribution in [0.2, 0.25) is 5.02 Å². The van der Waals surface area contributed by atoms with Crippen molar-refractivity contribution in [3.05, 3.63) is 41.2 Å². The molecule has 0 spiro atoms. The number of anilines is 1. The lowest BCUT2D eigenvalue weighted by Crippen LogP contribution is -2.38. The molecule has 152 valence electrons. The molecule has 1 N–H and O–H groups in total. The van der Waals surface area contributed by atoms with E-state index in [0.717, 1.165) is 12.8 Å². The van der Waals surface area contributed by atoms with Crippen LogP contribution in [-0.4, -0.2) is 43.4 Å². The Balaban J connectivity index is 1.81. The van der Waals surface area contributed by atoms with Crippen molar-refractivity contribution in [2.24, 2.45) is 13.0 Å². The van der Waals surface area contributed by atoms with Crippen LogP contribution in [0.25, 0.3) is 0 Å². The van der Waals surface area contributed by atoms with Crippen LogP contribution in [0.1, 0.15) is 30.3 Å². The van der Waals surface area contributed by atoms with Crippen molar-refractivity contribution in [2.75, 3.05) is 25.5 Å². The molecule has 1 saturated heterocycles. The molecule has 1 amide bonds. The largest absolute Gasteiger partial charge is 0.495 e. The molecule has 0 bridgehead atoms. The molecule has 1 fully saturated rings. The maximum Gasteiger partial charge on any atom is 0.272 e. The molecule has 3 rings (SSSR count). The molecule has 1 aromatic heterocycles. The number of benzene rings is 1. The highest BCUT2D eigenvalue weighted by atomic mass is 35.5. The Hall–Kier alpha value is -2.03. The van der Waals surface area contributed by atoms with E-state index in [4.69, 9.17) is 16.3 Å². The number of carbonyl (C=O) groups excluding carboxylic acids is 1. The van der Waals surface area contributed by atoms with Crippen LogP contribution in [0.3, 0.4) is 0 Å². The summed E-state index contributed by atoms with van der Waals surface area (Å²) in [6.45, 7) is 3.06. The number of aryl methyl sites for hydroxylation is 1. The van der Waals surface area contributed by atoms with E-state index in [1.807, 2.05) is 6.92 Å². The van der Waals surface area contributed by atoms with E-state index in [2.05, 4.69) is 5.32 Å². The molecule has 28 heavy (non-hydrogen) atoms. The molecular weight excluding hydrogens is 402 g/mol. The smallest absolute Gasteiger partial charge is 0.272 e. The summed E-state index contributed by atoms with van der Waals surface area (Å²) in [5, 5.41) is 3.10. The Kier molecular flexibility index (Phi) is 6.02. The van der Waals surface area contributed by atoms with E-state index in [9.17, 15) is 13.2 Å². The Labute approximate surface area is 170 Å². The predicted octanol–water partition coefficient (Wildman–Crippen LogP) is 3.36. The Bertz CT molecular complexity index is 987. The number of hydrogen-bond donors (Lipinski definition) is 1. The normalized spacial score (nSPS) is 18.1. The number of halogens is 1. The number of hydrogen-bond acceptors (Lipinski definition) is 4. The van der Waals surface area contributed by atoms with Gasteiger partial charge in [-0.05, 0) is 43.0 Å². The number of piperidine rings is 1. The molecule has 0 aliphatic carbocycles. The lowest BCUT2D eigenvalue weighted by Gasteiger charge is -2.29. The van der Waals surface area contributed by atoms with Crippen LogP contribution in [0, 0.1) is 5.92 Å². The van der Waals surface area contributed by atoms with Crippen molar-refractivity contribution in [3.63, 3.8) is 0 Å². The van der Waals surface area contributed by atoms with Crippen LogP contribution < -0.4 is 10.1 Å². The third kappa shape index (κ3) is 4.19. The first-order valence-electron chi connectivity index (χ1n) is 9.03. The number of aromatic nitrogens is 1. The second-order valence-corrected chi connectivity index (χ2v) is 9.43. The minimum Gasteiger partial charge on any atom is -0.495 e. The maximum absolute atomic E-state index is 12.9. The first-order chi connectivity index (χ1) is 13.2. The number of ether oxygens (including phenoxy) is 1. The van der Waals surface area contributed by atoms with Gasteiger partial charge < -0.3 is 14.6 Å². The van der Waals surface area contributed by atoms with Gasteiger partial charge >= 0.3 is 0 Å². The zero-order valence-electron chi connectivity index (χ0n) is 16.1. The topological polar surface area (TPSA) is 80.6 Å². The molecule has 1 aliphatic rings. The van der Waals surface area contributed by atoms with Crippen LogP contribution in [0.4, 0.5) is 5.69 Å². The van der Waals surface area contributed by atoms with Crippen molar-refractivity contribution >= 4 is 33.2 Å². The lowest BCUT2D eigenvalue weighted by molar-refractivity contribution is 0.101. The van der Waals surface area contributed by atoms with Crippen LogP contribution in [0.15, 0.2) is 35.4 Å². The second kappa shape index (κ2) is 8.14. The highest BCUT2D eigenvalue weighted by Crippen LogP contribution is 2.28. The number of nitrogens with zero attached hydrogens (tertiary/aromatic N) is 2. The minimum atomic E-state index is -3.62. The van der Waals surface area contributed by atoms with E-state index >= 15 is 0 Å². The molecule has 1 aliphatic heterocycles. The van der Waals surface area contributed by atoms with Crippen LogP contribution >= 0.6 is 11.6 Å². The number of carbonyl (C=O) groups is 1. The average molecular weight is 426 g/mol. The summed E-state index contributed by atoms with van der Waals surface area (Å²) < 4.78 is 34.0. The number of amides is 1. The van der Waals surface area contributed by atoms with Gasteiger partial charge in [0.1, 0.15) is 16.3 Å². The van der Waals surface area contributed by atoms with Gasteiger partial charge in [0.05, 0.1) is 12.1 Å². The van der Waals surface area contributed by atoms with Gasteiger partial charge in [-0.25, -0.2) is 8.42 Å². The van der Waals surface area contributed by atoms with Gasteiger partial charge in [-0.2, -0.15) is 4.31 Å².